The van der Waals surface area contributed by atoms with Gasteiger partial charge >= 0.3 is 0 Å². The second kappa shape index (κ2) is 9.63. The molecule has 6 nitrogen and oxygen atoms in total. The number of benzene rings is 1. The summed E-state index contributed by atoms with van der Waals surface area (Å²) in [4.78, 5) is 16.7. The van der Waals surface area contributed by atoms with Gasteiger partial charge in [-0.15, -0.1) is 11.3 Å². The minimum absolute atomic E-state index is 0.0145. The van der Waals surface area contributed by atoms with Crippen LogP contribution >= 0.6 is 11.3 Å². The first-order valence-electron chi connectivity index (χ1n) is 11.4. The second-order valence-corrected chi connectivity index (χ2v) is 12.5. The van der Waals surface area contributed by atoms with Crippen LogP contribution in [-0.2, 0) is 23.0 Å². The molecule has 1 N–H and O–H groups in total. The predicted molar refractivity (Wildman–Crippen MR) is 128 cm³/mol. The molecule has 3 atom stereocenters. The number of rotatable bonds is 6. The van der Waals surface area contributed by atoms with E-state index in [1.807, 2.05) is 18.4 Å². The Labute approximate surface area is 195 Å². The minimum atomic E-state index is -3.65. The first-order chi connectivity index (χ1) is 15.2. The average molecular weight is 476 g/mol. The molecular weight excluding hydrogens is 442 g/mol. The summed E-state index contributed by atoms with van der Waals surface area (Å²) >= 11 is 1.68. The Morgan fingerprint density at radius 3 is 2.72 bits per heavy atom. The molecule has 3 unspecified atom stereocenters. The molecule has 8 heteroatoms. The molecule has 0 aliphatic carbocycles. The van der Waals surface area contributed by atoms with E-state index in [0.717, 1.165) is 31.6 Å². The Morgan fingerprint density at radius 1 is 1.22 bits per heavy atom. The number of piperidine rings is 1. The van der Waals surface area contributed by atoms with Crippen molar-refractivity contribution in [2.75, 3.05) is 26.2 Å². The Balaban J connectivity index is 1.41. The second-order valence-electron chi connectivity index (χ2n) is 9.52. The van der Waals surface area contributed by atoms with Crippen LogP contribution in [-0.4, -0.2) is 55.8 Å². The van der Waals surface area contributed by atoms with Crippen LogP contribution in [0, 0.1) is 11.8 Å². The molecule has 1 saturated heterocycles. The molecule has 0 spiro atoms. The molecule has 1 aromatic carbocycles. The summed E-state index contributed by atoms with van der Waals surface area (Å²) < 4.78 is 28.0. The van der Waals surface area contributed by atoms with Crippen LogP contribution in [0.1, 0.15) is 48.0 Å². The minimum Gasteiger partial charge on any atom is -0.348 e. The number of amides is 1. The van der Waals surface area contributed by atoms with Crippen LogP contribution < -0.4 is 5.32 Å². The number of fused-ring (bicyclic) bond motifs is 1. The third kappa shape index (κ3) is 5.25. The van der Waals surface area contributed by atoms with E-state index < -0.39 is 10.0 Å². The summed E-state index contributed by atoms with van der Waals surface area (Å²) in [6.45, 7) is 10.3. The van der Waals surface area contributed by atoms with Crippen molar-refractivity contribution in [3.05, 3.63) is 51.7 Å². The summed E-state index contributed by atoms with van der Waals surface area (Å²) in [5.74, 6) is 1.11. The fourth-order valence-corrected chi connectivity index (χ4v) is 7.41. The van der Waals surface area contributed by atoms with Gasteiger partial charge in [-0.05, 0) is 66.8 Å². The van der Waals surface area contributed by atoms with E-state index >= 15 is 0 Å². The smallest absolute Gasteiger partial charge is 0.251 e. The van der Waals surface area contributed by atoms with Crippen molar-refractivity contribution in [1.82, 2.24) is 14.5 Å². The zero-order valence-corrected chi connectivity index (χ0v) is 20.7. The predicted octanol–water partition coefficient (Wildman–Crippen LogP) is 3.59. The fourth-order valence-electron chi connectivity index (χ4n) is 5.06. The zero-order valence-electron chi connectivity index (χ0n) is 19.1. The molecule has 3 heterocycles. The lowest BCUT2D eigenvalue weighted by Gasteiger charge is -2.36. The maximum Gasteiger partial charge on any atom is 0.251 e. The standard InChI is InChI=1S/C24H33N3O3S2/c1-17-11-18(2)14-26(13-17)15-19(3)25-24(28)20-5-4-6-22(12-20)32(29,30)27-9-7-23-21(16-27)8-10-31-23/h4-6,8,10,12,17-19H,7,9,11,13-16H2,1-3H3,(H,25,28). The van der Waals surface area contributed by atoms with E-state index in [2.05, 4.69) is 24.1 Å². The van der Waals surface area contributed by atoms with Crippen molar-refractivity contribution < 1.29 is 13.2 Å². The number of likely N-dealkylation sites (tertiary alicyclic amines) is 1. The van der Waals surface area contributed by atoms with Crippen LogP contribution in [0.4, 0.5) is 0 Å². The molecule has 1 aromatic heterocycles. The van der Waals surface area contributed by atoms with E-state index in [4.69, 9.17) is 0 Å². The number of carbonyl (C=O) groups excluding carboxylic acids is 1. The summed E-state index contributed by atoms with van der Waals surface area (Å²) in [6, 6.07) is 8.40. The molecule has 174 valence electrons. The van der Waals surface area contributed by atoms with Gasteiger partial charge in [-0.25, -0.2) is 8.42 Å². The summed E-state index contributed by atoms with van der Waals surface area (Å²) in [6.07, 6.45) is 1.99. The molecule has 2 aliphatic rings. The Kier molecular flexibility index (Phi) is 7.05. The van der Waals surface area contributed by atoms with Gasteiger partial charge in [0.05, 0.1) is 4.90 Å². The van der Waals surface area contributed by atoms with Gasteiger partial charge in [-0.3, -0.25) is 4.79 Å². The van der Waals surface area contributed by atoms with Crippen LogP contribution in [0.15, 0.2) is 40.6 Å². The molecule has 0 radical (unpaired) electrons. The van der Waals surface area contributed by atoms with Gasteiger partial charge in [0.1, 0.15) is 0 Å². The normalized spacial score (nSPS) is 23.5. The van der Waals surface area contributed by atoms with Gasteiger partial charge in [-0.2, -0.15) is 4.31 Å². The highest BCUT2D eigenvalue weighted by atomic mass is 32.2. The number of hydrogen-bond donors (Lipinski definition) is 1. The van der Waals surface area contributed by atoms with E-state index in [9.17, 15) is 13.2 Å². The van der Waals surface area contributed by atoms with Crippen LogP contribution in [0.5, 0.6) is 0 Å². The molecule has 0 bridgehead atoms. The van der Waals surface area contributed by atoms with E-state index in [-0.39, 0.29) is 16.8 Å². The topological polar surface area (TPSA) is 69.7 Å². The lowest BCUT2D eigenvalue weighted by molar-refractivity contribution is 0.0904. The molecule has 2 aromatic rings. The molecule has 0 saturated carbocycles. The Hall–Kier alpha value is -1.74. The summed E-state index contributed by atoms with van der Waals surface area (Å²) in [5, 5.41) is 5.07. The van der Waals surface area contributed by atoms with Gasteiger partial charge in [0.25, 0.3) is 5.91 Å². The van der Waals surface area contributed by atoms with Gasteiger partial charge in [0.15, 0.2) is 0 Å². The molecule has 1 amide bonds. The number of nitrogens with one attached hydrogen (secondary N) is 1. The fraction of sp³-hybridized carbons (Fsp3) is 0.542. The lowest BCUT2D eigenvalue weighted by Crippen LogP contribution is -2.47. The van der Waals surface area contributed by atoms with E-state index in [1.165, 1.54) is 21.7 Å². The van der Waals surface area contributed by atoms with Gasteiger partial charge in [0, 0.05) is 49.2 Å². The average Bonchev–Trinajstić information content (AvgIpc) is 3.21. The SMILES string of the molecule is CC1CC(C)CN(CC(C)NC(=O)c2cccc(S(=O)(=O)N3CCc4sccc4C3)c2)C1. The summed E-state index contributed by atoms with van der Waals surface area (Å²) in [5.41, 5.74) is 1.46. The summed E-state index contributed by atoms with van der Waals surface area (Å²) in [7, 11) is -3.65. The Bertz CT molecular complexity index is 1060. The van der Waals surface area contributed by atoms with Crippen LogP contribution in [0.2, 0.25) is 0 Å². The van der Waals surface area contributed by atoms with Gasteiger partial charge in [0.2, 0.25) is 10.0 Å². The van der Waals surface area contributed by atoms with Crippen molar-refractivity contribution in [2.24, 2.45) is 11.8 Å². The molecular formula is C24H33N3O3S2. The highest BCUT2D eigenvalue weighted by molar-refractivity contribution is 7.89. The van der Waals surface area contributed by atoms with Crippen molar-refractivity contribution in [1.29, 1.82) is 0 Å². The first kappa shape index (κ1) is 23.4. The molecule has 4 rings (SSSR count). The maximum atomic E-state index is 13.2. The molecule has 1 fully saturated rings. The quantitative estimate of drug-likeness (QED) is 0.693. The number of sulfonamides is 1. The monoisotopic (exact) mass is 475 g/mol. The van der Waals surface area contributed by atoms with E-state index in [0.29, 0.717) is 30.5 Å². The molecule has 2 aliphatic heterocycles. The third-order valence-corrected chi connectivity index (χ3v) is 9.22. The number of hydrogen-bond acceptors (Lipinski definition) is 5. The number of nitrogens with zero attached hydrogens (tertiary/aromatic N) is 2. The number of carbonyl (C=O) groups is 1. The van der Waals surface area contributed by atoms with Crippen LogP contribution in [0.3, 0.4) is 0 Å². The highest BCUT2D eigenvalue weighted by Crippen LogP contribution is 2.28. The van der Waals surface area contributed by atoms with Gasteiger partial charge < -0.3 is 10.2 Å². The molecule has 32 heavy (non-hydrogen) atoms. The largest absolute Gasteiger partial charge is 0.348 e. The van der Waals surface area contributed by atoms with Crippen LogP contribution in [0.25, 0.3) is 0 Å². The van der Waals surface area contributed by atoms with Crippen molar-refractivity contribution in [2.45, 2.75) is 51.1 Å². The van der Waals surface area contributed by atoms with Crippen molar-refractivity contribution in [3.8, 4) is 0 Å². The van der Waals surface area contributed by atoms with Crippen molar-refractivity contribution in [3.63, 3.8) is 0 Å². The zero-order chi connectivity index (χ0) is 22.9. The Morgan fingerprint density at radius 2 is 1.97 bits per heavy atom. The first-order valence-corrected chi connectivity index (χ1v) is 13.7. The lowest BCUT2D eigenvalue weighted by atomic mass is 9.92. The maximum absolute atomic E-state index is 13.2. The van der Waals surface area contributed by atoms with E-state index in [1.54, 1.807) is 29.5 Å². The van der Waals surface area contributed by atoms with Crippen molar-refractivity contribution >= 4 is 27.3 Å². The van der Waals surface area contributed by atoms with Gasteiger partial charge in [-0.1, -0.05) is 19.9 Å². The third-order valence-electron chi connectivity index (χ3n) is 6.36. The number of thiophene rings is 1. The highest BCUT2D eigenvalue weighted by Gasteiger charge is 2.29.